The van der Waals surface area contributed by atoms with Crippen molar-refractivity contribution in [1.29, 1.82) is 0 Å². The van der Waals surface area contributed by atoms with E-state index in [4.69, 9.17) is 9.47 Å². The molecule has 0 radical (unpaired) electrons. The number of rotatable bonds is 7. The Hall–Kier alpha value is -1.22. The predicted molar refractivity (Wildman–Crippen MR) is 104 cm³/mol. The minimum absolute atomic E-state index is 0.333. The lowest BCUT2D eigenvalue weighted by atomic mass is 9.66. The van der Waals surface area contributed by atoms with E-state index in [2.05, 4.69) is 30.1 Å². The molecule has 0 N–H and O–H groups in total. The zero-order valence-electron chi connectivity index (χ0n) is 16.2. The van der Waals surface area contributed by atoms with Gasteiger partial charge in [-0.3, -0.25) is 0 Å². The quantitative estimate of drug-likeness (QED) is 0.702. The molecule has 1 unspecified atom stereocenters. The van der Waals surface area contributed by atoms with Gasteiger partial charge in [0, 0.05) is 11.5 Å². The van der Waals surface area contributed by atoms with Gasteiger partial charge in [0.05, 0.1) is 13.2 Å². The average molecular weight is 356 g/mol. The van der Waals surface area contributed by atoms with E-state index in [1.807, 2.05) is 0 Å². The second-order valence-electron chi connectivity index (χ2n) is 9.32. The maximum Gasteiger partial charge on any atom is 0.161 e. The molecule has 1 aromatic rings. The fourth-order valence-corrected chi connectivity index (χ4v) is 5.20. The summed E-state index contributed by atoms with van der Waals surface area (Å²) in [4.78, 5) is 2.60. The van der Waals surface area contributed by atoms with E-state index in [1.165, 1.54) is 69.9 Å². The van der Waals surface area contributed by atoms with Gasteiger partial charge in [-0.05, 0) is 88.1 Å². The summed E-state index contributed by atoms with van der Waals surface area (Å²) in [5, 5.41) is 0. The lowest BCUT2D eigenvalue weighted by Gasteiger charge is -2.42. The second-order valence-corrected chi connectivity index (χ2v) is 9.32. The first-order valence-electron chi connectivity index (χ1n) is 10.8. The van der Waals surface area contributed by atoms with Crippen LogP contribution in [0.5, 0.6) is 11.5 Å². The van der Waals surface area contributed by atoms with E-state index >= 15 is 0 Å². The van der Waals surface area contributed by atoms with Crippen LogP contribution in [0.2, 0.25) is 0 Å². The first-order valence-corrected chi connectivity index (χ1v) is 10.8. The molecule has 4 aliphatic rings. The van der Waals surface area contributed by atoms with Gasteiger partial charge < -0.3 is 14.4 Å². The van der Waals surface area contributed by atoms with Gasteiger partial charge in [0.15, 0.2) is 11.5 Å². The number of likely N-dealkylation sites (tertiary alicyclic amines) is 1. The Bertz CT molecular complexity index is 648. The summed E-state index contributed by atoms with van der Waals surface area (Å²) >= 11 is 0. The summed E-state index contributed by atoms with van der Waals surface area (Å²) in [5.74, 6) is 3.52. The van der Waals surface area contributed by atoms with Gasteiger partial charge in [-0.25, -0.2) is 0 Å². The molecule has 0 spiro atoms. The maximum atomic E-state index is 6.28. The largest absolute Gasteiger partial charge is 0.489 e. The van der Waals surface area contributed by atoms with Crippen molar-refractivity contribution in [3.8, 4) is 11.5 Å². The van der Waals surface area contributed by atoms with Gasteiger partial charge in [0.2, 0.25) is 0 Å². The lowest BCUT2D eigenvalue weighted by Crippen LogP contribution is -2.43. The van der Waals surface area contributed by atoms with Crippen LogP contribution in [-0.2, 0) is 5.41 Å². The summed E-state index contributed by atoms with van der Waals surface area (Å²) in [7, 11) is 2.31. The second kappa shape index (κ2) is 6.74. The van der Waals surface area contributed by atoms with E-state index < -0.39 is 0 Å². The Labute approximate surface area is 158 Å². The van der Waals surface area contributed by atoms with E-state index in [9.17, 15) is 0 Å². The standard InChI is InChI=1S/C23H33NO2/c1-24-13-12-23(11-3-2-4-22(23)24)19-9-10-20(25-15-17-5-6-17)21(14-19)26-16-18-7-8-18/h9-10,14,17-18,22H,2-8,11-13,15-16H2,1H3/t22?,23-/m0/s1. The zero-order valence-corrected chi connectivity index (χ0v) is 16.2. The SMILES string of the molecule is CN1CC[C@]2(c3ccc(OCC4CC4)c(OCC4CC4)c3)CCCCC12. The van der Waals surface area contributed by atoms with Crippen molar-refractivity contribution >= 4 is 0 Å². The van der Waals surface area contributed by atoms with Crippen molar-refractivity contribution in [2.24, 2.45) is 11.8 Å². The van der Waals surface area contributed by atoms with Crippen LogP contribution in [0, 0.1) is 11.8 Å². The first kappa shape index (κ1) is 16.9. The number of fused-ring (bicyclic) bond motifs is 1. The summed E-state index contributed by atoms with van der Waals surface area (Å²) in [6.07, 6.45) is 12.0. The van der Waals surface area contributed by atoms with Crippen LogP contribution in [0.25, 0.3) is 0 Å². The average Bonchev–Trinajstić information content (AvgIpc) is 3.59. The minimum Gasteiger partial charge on any atom is -0.489 e. The van der Waals surface area contributed by atoms with Gasteiger partial charge >= 0.3 is 0 Å². The van der Waals surface area contributed by atoms with Crippen molar-refractivity contribution in [3.05, 3.63) is 23.8 Å². The molecular formula is C23H33NO2. The number of hydrogen-bond acceptors (Lipinski definition) is 3. The number of ether oxygens (including phenoxy) is 2. The third kappa shape index (κ3) is 3.24. The van der Waals surface area contributed by atoms with Crippen LogP contribution >= 0.6 is 0 Å². The number of likely N-dealkylation sites (N-methyl/N-ethyl adjacent to an activating group) is 1. The highest BCUT2D eigenvalue weighted by Gasteiger charge is 2.48. The molecule has 3 saturated carbocycles. The van der Waals surface area contributed by atoms with Crippen LogP contribution in [0.4, 0.5) is 0 Å². The van der Waals surface area contributed by atoms with E-state index in [1.54, 1.807) is 0 Å². The Kier molecular flexibility index (Phi) is 4.39. The summed E-state index contributed by atoms with van der Waals surface area (Å²) in [5.41, 5.74) is 1.83. The molecule has 1 aliphatic heterocycles. The number of hydrogen-bond donors (Lipinski definition) is 0. The molecule has 1 saturated heterocycles. The molecule has 5 rings (SSSR count). The molecule has 2 atom stereocenters. The molecule has 4 fully saturated rings. The molecule has 3 heteroatoms. The molecular weight excluding hydrogens is 322 g/mol. The molecule has 0 amide bonds. The van der Waals surface area contributed by atoms with Crippen LogP contribution < -0.4 is 9.47 Å². The fraction of sp³-hybridized carbons (Fsp3) is 0.739. The normalized spacial score (nSPS) is 31.7. The maximum absolute atomic E-state index is 6.28. The smallest absolute Gasteiger partial charge is 0.161 e. The molecule has 3 nitrogen and oxygen atoms in total. The minimum atomic E-state index is 0.333. The lowest BCUT2D eigenvalue weighted by molar-refractivity contribution is 0.181. The Morgan fingerprint density at radius 3 is 2.38 bits per heavy atom. The molecule has 26 heavy (non-hydrogen) atoms. The van der Waals surface area contributed by atoms with Gasteiger partial charge in [-0.2, -0.15) is 0 Å². The number of benzene rings is 1. The van der Waals surface area contributed by atoms with Crippen LogP contribution in [0.3, 0.4) is 0 Å². The van der Waals surface area contributed by atoms with Gasteiger partial charge in [0.25, 0.3) is 0 Å². The highest BCUT2D eigenvalue weighted by Crippen LogP contribution is 2.50. The molecule has 3 aliphatic carbocycles. The number of nitrogens with zero attached hydrogens (tertiary/aromatic N) is 1. The predicted octanol–water partition coefficient (Wildman–Crippen LogP) is 4.78. The third-order valence-electron chi connectivity index (χ3n) is 7.29. The molecule has 1 aromatic carbocycles. The molecule has 142 valence electrons. The third-order valence-corrected chi connectivity index (χ3v) is 7.29. The first-order chi connectivity index (χ1) is 12.7. The highest BCUT2D eigenvalue weighted by atomic mass is 16.5. The monoisotopic (exact) mass is 355 g/mol. The van der Waals surface area contributed by atoms with Crippen molar-refractivity contribution in [2.45, 2.75) is 69.2 Å². The van der Waals surface area contributed by atoms with Gasteiger partial charge in [0.1, 0.15) is 0 Å². The molecule has 0 bridgehead atoms. The zero-order chi connectivity index (χ0) is 17.6. The summed E-state index contributed by atoms with van der Waals surface area (Å²) in [6, 6.07) is 7.61. The van der Waals surface area contributed by atoms with E-state index in [-0.39, 0.29) is 0 Å². The highest BCUT2D eigenvalue weighted by molar-refractivity contribution is 5.46. The van der Waals surface area contributed by atoms with Gasteiger partial charge in [-0.15, -0.1) is 0 Å². The van der Waals surface area contributed by atoms with Crippen molar-refractivity contribution < 1.29 is 9.47 Å². The van der Waals surface area contributed by atoms with Crippen LogP contribution in [-0.4, -0.2) is 37.7 Å². The topological polar surface area (TPSA) is 21.7 Å². The molecule has 0 aromatic heterocycles. The van der Waals surface area contributed by atoms with Crippen molar-refractivity contribution in [1.82, 2.24) is 4.90 Å². The van der Waals surface area contributed by atoms with Crippen LogP contribution in [0.15, 0.2) is 18.2 Å². The van der Waals surface area contributed by atoms with Crippen molar-refractivity contribution in [2.75, 3.05) is 26.8 Å². The Balaban J connectivity index is 1.42. The van der Waals surface area contributed by atoms with Gasteiger partial charge in [-0.1, -0.05) is 18.9 Å². The molecule has 1 heterocycles. The summed E-state index contributed by atoms with van der Waals surface area (Å²) < 4.78 is 12.4. The van der Waals surface area contributed by atoms with Crippen molar-refractivity contribution in [3.63, 3.8) is 0 Å². The van der Waals surface area contributed by atoms with E-state index in [0.29, 0.717) is 11.5 Å². The fourth-order valence-electron chi connectivity index (χ4n) is 5.20. The summed E-state index contributed by atoms with van der Waals surface area (Å²) in [6.45, 7) is 2.94. The van der Waals surface area contributed by atoms with E-state index in [0.717, 1.165) is 36.5 Å². The Morgan fingerprint density at radius 2 is 1.65 bits per heavy atom. The van der Waals surface area contributed by atoms with Crippen LogP contribution in [0.1, 0.15) is 63.4 Å². The Morgan fingerprint density at radius 1 is 0.923 bits per heavy atom.